The third-order valence-electron chi connectivity index (χ3n) is 3.91. The van der Waals surface area contributed by atoms with Gasteiger partial charge in [-0.2, -0.15) is 0 Å². The summed E-state index contributed by atoms with van der Waals surface area (Å²) in [5.74, 6) is 1.02. The van der Waals surface area contributed by atoms with Crippen LogP contribution in [0.2, 0.25) is 0 Å². The maximum Gasteiger partial charge on any atom is 0.226 e. The molecule has 1 aromatic carbocycles. The second kappa shape index (κ2) is 7.46. The first-order valence-electron chi connectivity index (χ1n) is 7.75. The van der Waals surface area contributed by atoms with Crippen molar-refractivity contribution in [3.63, 3.8) is 0 Å². The highest BCUT2D eigenvalue weighted by Gasteiger charge is 2.22. The van der Waals surface area contributed by atoms with Crippen LogP contribution in [0.5, 0.6) is 5.75 Å². The lowest BCUT2D eigenvalue weighted by atomic mass is 10.0. The van der Waals surface area contributed by atoms with Crippen LogP contribution in [-0.4, -0.2) is 43.1 Å². The highest BCUT2D eigenvalue weighted by molar-refractivity contribution is 5.79. The van der Waals surface area contributed by atoms with Crippen molar-refractivity contribution in [2.24, 2.45) is 0 Å². The summed E-state index contributed by atoms with van der Waals surface area (Å²) in [5.41, 5.74) is 1.02. The Kier molecular flexibility index (Phi) is 5.62. The van der Waals surface area contributed by atoms with Crippen molar-refractivity contribution < 1.29 is 9.53 Å². The van der Waals surface area contributed by atoms with Gasteiger partial charge in [0.25, 0.3) is 0 Å². The number of hydrogen-bond donors (Lipinski definition) is 1. The maximum atomic E-state index is 12.4. The van der Waals surface area contributed by atoms with Gasteiger partial charge in [-0.05, 0) is 30.5 Å². The Morgan fingerprint density at radius 1 is 1.38 bits per heavy atom. The topological polar surface area (TPSA) is 41.6 Å². The normalized spacial score (nSPS) is 16.3. The average Bonchev–Trinajstić information content (AvgIpc) is 2.47. The highest BCUT2D eigenvalue weighted by Crippen LogP contribution is 2.16. The lowest BCUT2D eigenvalue weighted by Crippen LogP contribution is -2.47. The molecule has 21 heavy (non-hydrogen) atoms. The Labute approximate surface area is 127 Å². The van der Waals surface area contributed by atoms with Crippen molar-refractivity contribution in [2.75, 3.05) is 20.2 Å². The van der Waals surface area contributed by atoms with E-state index in [0.717, 1.165) is 37.2 Å². The van der Waals surface area contributed by atoms with Gasteiger partial charge in [-0.15, -0.1) is 0 Å². The minimum atomic E-state index is 0.214. The molecule has 0 spiro atoms. The number of likely N-dealkylation sites (tertiary alicyclic amines) is 1. The van der Waals surface area contributed by atoms with Crippen molar-refractivity contribution in [1.29, 1.82) is 0 Å². The van der Waals surface area contributed by atoms with Crippen LogP contribution in [0.1, 0.15) is 32.3 Å². The fraction of sp³-hybridized carbons (Fsp3) is 0.588. The van der Waals surface area contributed by atoms with Crippen LogP contribution in [0, 0.1) is 0 Å². The van der Waals surface area contributed by atoms with Crippen LogP contribution in [0.25, 0.3) is 0 Å². The van der Waals surface area contributed by atoms with Crippen molar-refractivity contribution in [1.82, 2.24) is 10.2 Å². The van der Waals surface area contributed by atoms with Gasteiger partial charge in [-0.3, -0.25) is 4.79 Å². The molecular formula is C17H26N2O2. The highest BCUT2D eigenvalue weighted by atomic mass is 16.5. The number of methoxy groups -OCH3 is 1. The molecule has 1 aromatic rings. The molecule has 0 atom stereocenters. The molecule has 0 aromatic heterocycles. The monoisotopic (exact) mass is 290 g/mol. The van der Waals surface area contributed by atoms with Crippen LogP contribution < -0.4 is 10.1 Å². The number of nitrogens with one attached hydrogen (secondary N) is 1. The lowest BCUT2D eigenvalue weighted by molar-refractivity contribution is -0.131. The Morgan fingerprint density at radius 2 is 2.10 bits per heavy atom. The number of carbonyl (C=O) groups excluding carboxylic acids is 1. The maximum absolute atomic E-state index is 12.4. The van der Waals surface area contributed by atoms with Crippen LogP contribution >= 0.6 is 0 Å². The molecule has 1 N–H and O–H groups in total. The fourth-order valence-electron chi connectivity index (χ4n) is 2.84. The first-order chi connectivity index (χ1) is 10.1. The van der Waals surface area contributed by atoms with Crippen molar-refractivity contribution in [3.05, 3.63) is 29.8 Å². The Balaban J connectivity index is 1.84. The molecule has 0 radical (unpaired) electrons. The van der Waals surface area contributed by atoms with E-state index in [9.17, 15) is 4.79 Å². The molecule has 0 saturated carbocycles. The van der Waals surface area contributed by atoms with Crippen molar-refractivity contribution in [2.45, 2.75) is 45.2 Å². The van der Waals surface area contributed by atoms with Gasteiger partial charge in [0.15, 0.2) is 0 Å². The van der Waals surface area contributed by atoms with Gasteiger partial charge < -0.3 is 15.0 Å². The molecule has 1 heterocycles. The van der Waals surface area contributed by atoms with Crippen molar-refractivity contribution >= 4 is 5.91 Å². The summed E-state index contributed by atoms with van der Waals surface area (Å²) in [7, 11) is 1.65. The summed E-state index contributed by atoms with van der Waals surface area (Å²) in [6.45, 7) is 6.04. The summed E-state index contributed by atoms with van der Waals surface area (Å²) in [4.78, 5) is 14.3. The zero-order chi connectivity index (χ0) is 15.2. The molecule has 0 aliphatic carbocycles. The largest absolute Gasteiger partial charge is 0.497 e. The first-order valence-corrected chi connectivity index (χ1v) is 7.75. The summed E-state index contributed by atoms with van der Waals surface area (Å²) < 4.78 is 5.20. The number of carbonyl (C=O) groups is 1. The van der Waals surface area contributed by atoms with Crippen LogP contribution in [-0.2, 0) is 11.2 Å². The Bertz CT molecular complexity index is 466. The molecule has 4 heteroatoms. The van der Waals surface area contributed by atoms with E-state index in [1.54, 1.807) is 7.11 Å². The number of ether oxygens (including phenoxy) is 1. The van der Waals surface area contributed by atoms with E-state index in [0.29, 0.717) is 18.5 Å². The number of piperidine rings is 1. The van der Waals surface area contributed by atoms with E-state index in [2.05, 4.69) is 19.2 Å². The zero-order valence-electron chi connectivity index (χ0n) is 13.3. The third-order valence-corrected chi connectivity index (χ3v) is 3.91. The Hall–Kier alpha value is -1.55. The summed E-state index contributed by atoms with van der Waals surface area (Å²) in [6.07, 6.45) is 2.55. The van der Waals surface area contributed by atoms with Gasteiger partial charge in [0.1, 0.15) is 5.75 Å². The number of rotatable bonds is 5. The standard InChI is InChI=1S/C17H26N2O2/c1-13(2)18-15-7-9-19(10-8-15)17(20)12-14-5-4-6-16(11-14)21-3/h4-6,11,13,15,18H,7-10,12H2,1-3H3. The van der Waals surface area contributed by atoms with Gasteiger partial charge in [-0.1, -0.05) is 26.0 Å². The molecule has 1 aliphatic rings. The van der Waals surface area contributed by atoms with E-state index in [4.69, 9.17) is 4.74 Å². The summed E-state index contributed by atoms with van der Waals surface area (Å²) in [5, 5.41) is 3.55. The van der Waals surface area contributed by atoms with E-state index in [1.807, 2.05) is 29.2 Å². The van der Waals surface area contributed by atoms with Gasteiger partial charge in [0.05, 0.1) is 13.5 Å². The third kappa shape index (κ3) is 4.74. The summed E-state index contributed by atoms with van der Waals surface area (Å²) >= 11 is 0. The van der Waals surface area contributed by atoms with Crippen LogP contribution in [0.3, 0.4) is 0 Å². The van der Waals surface area contributed by atoms with E-state index in [-0.39, 0.29) is 5.91 Å². The van der Waals surface area contributed by atoms with E-state index >= 15 is 0 Å². The van der Waals surface area contributed by atoms with E-state index < -0.39 is 0 Å². The number of hydrogen-bond acceptors (Lipinski definition) is 3. The summed E-state index contributed by atoms with van der Waals surface area (Å²) in [6, 6.07) is 8.80. The Morgan fingerprint density at radius 3 is 2.71 bits per heavy atom. The van der Waals surface area contributed by atoms with E-state index in [1.165, 1.54) is 0 Å². The van der Waals surface area contributed by atoms with Crippen LogP contribution in [0.4, 0.5) is 0 Å². The molecule has 4 nitrogen and oxygen atoms in total. The minimum absolute atomic E-state index is 0.214. The lowest BCUT2D eigenvalue weighted by Gasteiger charge is -2.33. The molecule has 0 bridgehead atoms. The smallest absolute Gasteiger partial charge is 0.226 e. The second-order valence-corrected chi connectivity index (χ2v) is 6.00. The number of benzene rings is 1. The molecule has 1 amide bonds. The fourth-order valence-corrected chi connectivity index (χ4v) is 2.84. The van der Waals surface area contributed by atoms with Gasteiger partial charge in [0, 0.05) is 25.2 Å². The minimum Gasteiger partial charge on any atom is -0.497 e. The van der Waals surface area contributed by atoms with Crippen molar-refractivity contribution in [3.8, 4) is 5.75 Å². The average molecular weight is 290 g/mol. The van der Waals surface area contributed by atoms with Crippen LogP contribution in [0.15, 0.2) is 24.3 Å². The predicted molar refractivity (Wildman–Crippen MR) is 84.6 cm³/mol. The predicted octanol–water partition coefficient (Wildman–Crippen LogP) is 2.23. The van der Waals surface area contributed by atoms with Gasteiger partial charge in [-0.25, -0.2) is 0 Å². The number of amides is 1. The molecule has 1 aliphatic heterocycles. The molecule has 1 fully saturated rings. The SMILES string of the molecule is COc1cccc(CC(=O)N2CCC(NC(C)C)CC2)c1. The molecule has 1 saturated heterocycles. The second-order valence-electron chi connectivity index (χ2n) is 6.00. The first kappa shape index (κ1) is 15.8. The molecule has 116 valence electrons. The molecule has 2 rings (SSSR count). The quantitative estimate of drug-likeness (QED) is 0.904. The van der Waals surface area contributed by atoms with Gasteiger partial charge in [0.2, 0.25) is 5.91 Å². The molecular weight excluding hydrogens is 264 g/mol. The zero-order valence-corrected chi connectivity index (χ0v) is 13.3. The van der Waals surface area contributed by atoms with Gasteiger partial charge >= 0.3 is 0 Å². The number of nitrogens with zero attached hydrogens (tertiary/aromatic N) is 1. The molecule has 0 unspecified atom stereocenters.